The van der Waals surface area contributed by atoms with E-state index in [1.807, 2.05) is 6.92 Å². The first-order chi connectivity index (χ1) is 16.7. The van der Waals surface area contributed by atoms with Crippen molar-refractivity contribution in [2.24, 2.45) is 0 Å². The zero-order valence-electron chi connectivity index (χ0n) is 20.2. The number of rotatable bonds is 8. The largest absolute Gasteiger partial charge is 0.365 e. The lowest BCUT2D eigenvalue weighted by Gasteiger charge is -2.39. The van der Waals surface area contributed by atoms with Crippen LogP contribution in [0.1, 0.15) is 74.2 Å². The Hall–Kier alpha value is -2.50. The number of nitrogens with one attached hydrogen (secondary N) is 1. The van der Waals surface area contributed by atoms with Crippen LogP contribution in [0.15, 0.2) is 18.3 Å². The number of piperidine rings is 1. The summed E-state index contributed by atoms with van der Waals surface area (Å²) in [7, 11) is 0. The van der Waals surface area contributed by atoms with Gasteiger partial charge in [0.2, 0.25) is 0 Å². The van der Waals surface area contributed by atoms with Crippen molar-refractivity contribution in [3.63, 3.8) is 0 Å². The molecule has 2 fully saturated rings. The highest BCUT2D eigenvalue weighted by Crippen LogP contribution is 2.30. The first-order valence-corrected chi connectivity index (χ1v) is 13.6. The van der Waals surface area contributed by atoms with Crippen LogP contribution in [-0.4, -0.2) is 49.0 Å². The third-order valence-electron chi connectivity index (χ3n) is 7.30. The summed E-state index contributed by atoms with van der Waals surface area (Å²) in [6, 6.07) is 7.67. The van der Waals surface area contributed by atoms with Crippen molar-refractivity contribution in [2.75, 3.05) is 18.4 Å². The van der Waals surface area contributed by atoms with Crippen LogP contribution in [0.3, 0.4) is 0 Å². The molecule has 0 aromatic carbocycles. The third-order valence-corrected chi connectivity index (χ3v) is 8.17. The summed E-state index contributed by atoms with van der Waals surface area (Å²) in [4.78, 5) is 13.8. The molecular weight excluding hydrogens is 442 g/mol. The molecule has 0 unspecified atom stereocenters. The molecule has 0 spiro atoms. The smallest absolute Gasteiger partial charge is 0.154 e. The number of likely N-dealkylation sites (tertiary alicyclic amines) is 1. The molecule has 1 N–H and O–H groups in total. The molecule has 4 heterocycles. The minimum atomic E-state index is 0.445. The molecule has 1 saturated carbocycles. The second-order valence-electron chi connectivity index (χ2n) is 9.85. The predicted molar refractivity (Wildman–Crippen MR) is 137 cm³/mol. The van der Waals surface area contributed by atoms with Crippen LogP contribution in [-0.2, 0) is 13.0 Å². The number of anilines is 1. The van der Waals surface area contributed by atoms with E-state index in [0.717, 1.165) is 47.4 Å². The quantitative estimate of drug-likeness (QED) is 0.443. The number of hydrogen-bond acceptors (Lipinski definition) is 7. The summed E-state index contributed by atoms with van der Waals surface area (Å²) in [5.74, 6) is 1.79. The number of nitrogens with zero attached hydrogens (tertiary/aromatic N) is 6. The van der Waals surface area contributed by atoms with Crippen LogP contribution >= 0.6 is 11.5 Å². The fourth-order valence-corrected chi connectivity index (χ4v) is 6.30. The maximum atomic E-state index is 8.97. The maximum absolute atomic E-state index is 8.97. The average Bonchev–Trinajstić information content (AvgIpc) is 3.46. The molecule has 0 radical (unpaired) electrons. The first-order valence-electron chi connectivity index (χ1n) is 12.8. The van der Waals surface area contributed by atoms with Crippen molar-refractivity contribution in [3.05, 3.63) is 34.7 Å². The van der Waals surface area contributed by atoms with Gasteiger partial charge in [0.05, 0.1) is 17.3 Å². The minimum Gasteiger partial charge on any atom is -0.365 e. The zero-order chi connectivity index (χ0) is 23.3. The first kappa shape index (κ1) is 23.3. The highest BCUT2D eigenvalue weighted by atomic mass is 32.1. The molecule has 5 rings (SSSR count). The van der Waals surface area contributed by atoms with Crippen molar-refractivity contribution < 1.29 is 0 Å². The van der Waals surface area contributed by atoms with Crippen LogP contribution in [0.4, 0.5) is 5.82 Å². The van der Waals surface area contributed by atoms with Crippen LogP contribution in [0.25, 0.3) is 11.0 Å². The lowest BCUT2D eigenvalue weighted by Crippen LogP contribution is -2.43. The fraction of sp³-hybridized carbons (Fsp3) is 0.615. The normalized spacial score (nSPS) is 21.5. The van der Waals surface area contributed by atoms with Gasteiger partial charge < -0.3 is 14.8 Å². The highest BCUT2D eigenvalue weighted by Gasteiger charge is 2.27. The van der Waals surface area contributed by atoms with Gasteiger partial charge in [-0.15, -0.1) is 0 Å². The van der Waals surface area contributed by atoms with Gasteiger partial charge >= 0.3 is 0 Å². The van der Waals surface area contributed by atoms with Crippen molar-refractivity contribution in [2.45, 2.75) is 89.8 Å². The molecule has 0 bridgehead atoms. The lowest BCUT2D eigenvalue weighted by atomic mass is 9.89. The molecule has 3 aromatic rings. The highest BCUT2D eigenvalue weighted by molar-refractivity contribution is 7.05. The van der Waals surface area contributed by atoms with Crippen LogP contribution in [0.5, 0.6) is 0 Å². The molecule has 3 aromatic heterocycles. The summed E-state index contributed by atoms with van der Waals surface area (Å²) < 4.78 is 6.64. The predicted octanol–water partition coefficient (Wildman–Crippen LogP) is 5.30. The van der Waals surface area contributed by atoms with Gasteiger partial charge in [0, 0.05) is 42.5 Å². The molecule has 34 heavy (non-hydrogen) atoms. The van der Waals surface area contributed by atoms with Crippen LogP contribution < -0.4 is 5.32 Å². The molecular formula is C26H35N7S. The topological polar surface area (TPSA) is 82.7 Å². The van der Waals surface area contributed by atoms with E-state index in [0.29, 0.717) is 18.9 Å². The summed E-state index contributed by atoms with van der Waals surface area (Å²) >= 11 is 1.53. The van der Waals surface area contributed by atoms with Crippen LogP contribution in [0, 0.1) is 18.3 Å². The Morgan fingerprint density at radius 3 is 2.71 bits per heavy atom. The van der Waals surface area contributed by atoms with Crippen molar-refractivity contribution >= 4 is 28.4 Å². The number of aryl methyl sites for hydroxylation is 2. The van der Waals surface area contributed by atoms with E-state index in [2.05, 4.69) is 43.6 Å². The molecule has 1 aliphatic carbocycles. The lowest BCUT2D eigenvalue weighted by molar-refractivity contribution is 0.127. The average molecular weight is 478 g/mol. The molecule has 2 aliphatic rings. The van der Waals surface area contributed by atoms with E-state index < -0.39 is 0 Å². The number of unbranched alkanes of at least 4 members (excludes halogenated alkanes) is 1. The van der Waals surface area contributed by atoms with Gasteiger partial charge in [-0.25, -0.2) is 9.97 Å². The Morgan fingerprint density at radius 1 is 1.15 bits per heavy atom. The van der Waals surface area contributed by atoms with E-state index >= 15 is 0 Å². The summed E-state index contributed by atoms with van der Waals surface area (Å²) in [5.41, 5.74) is 3.10. The SMILES string of the molecule is Cc1cc(Cc2nc(NC3CCC(N4CCCCC4)CC3)c3c(ccn3CCCC#N)n2)sn1. The Balaban J connectivity index is 1.35. The summed E-state index contributed by atoms with van der Waals surface area (Å²) in [5, 5.41) is 12.8. The number of fused-ring (bicyclic) bond motifs is 1. The Bertz CT molecular complexity index is 1130. The van der Waals surface area contributed by atoms with Gasteiger partial charge in [0.25, 0.3) is 0 Å². The van der Waals surface area contributed by atoms with Gasteiger partial charge in [0.1, 0.15) is 11.3 Å². The molecule has 0 atom stereocenters. The third kappa shape index (κ3) is 5.42. The molecule has 180 valence electrons. The molecule has 8 heteroatoms. The zero-order valence-corrected chi connectivity index (χ0v) is 21.0. The van der Waals surface area contributed by atoms with E-state index in [4.69, 9.17) is 15.2 Å². The monoisotopic (exact) mass is 477 g/mol. The fourth-order valence-electron chi connectivity index (χ4n) is 5.57. The van der Waals surface area contributed by atoms with Gasteiger partial charge in [-0.3, -0.25) is 0 Å². The van der Waals surface area contributed by atoms with E-state index in [1.54, 1.807) is 0 Å². The Kier molecular flexibility index (Phi) is 7.41. The van der Waals surface area contributed by atoms with Gasteiger partial charge in [-0.2, -0.15) is 9.64 Å². The Labute approximate surface area is 206 Å². The number of nitriles is 1. The Morgan fingerprint density at radius 2 is 1.97 bits per heavy atom. The van der Waals surface area contributed by atoms with Crippen molar-refractivity contribution in [1.82, 2.24) is 23.8 Å². The van der Waals surface area contributed by atoms with E-state index in [1.165, 1.54) is 74.4 Å². The molecule has 7 nitrogen and oxygen atoms in total. The number of hydrogen-bond donors (Lipinski definition) is 1. The maximum Gasteiger partial charge on any atom is 0.154 e. The van der Waals surface area contributed by atoms with Gasteiger partial charge in [0.15, 0.2) is 5.82 Å². The van der Waals surface area contributed by atoms with Gasteiger partial charge in [-0.1, -0.05) is 6.42 Å². The van der Waals surface area contributed by atoms with E-state index in [-0.39, 0.29) is 0 Å². The summed E-state index contributed by atoms with van der Waals surface area (Å²) in [6.45, 7) is 5.40. The second kappa shape index (κ2) is 10.8. The molecule has 0 amide bonds. The second-order valence-corrected chi connectivity index (χ2v) is 10.7. The molecule has 1 aliphatic heterocycles. The number of aromatic nitrogens is 4. The minimum absolute atomic E-state index is 0.445. The van der Waals surface area contributed by atoms with Crippen molar-refractivity contribution in [3.8, 4) is 6.07 Å². The standard InChI is InChI=1S/C26H35N7S/c1-19-17-22(34-31-19)18-24-29-23-11-16-33(15-6-3-12-27)25(23)26(30-24)28-20-7-9-21(10-8-20)32-13-4-2-5-14-32/h11,16-17,20-21H,2-10,13-15,18H2,1H3,(H,28,29,30). The van der Waals surface area contributed by atoms with Crippen LogP contribution in [0.2, 0.25) is 0 Å². The van der Waals surface area contributed by atoms with E-state index in [9.17, 15) is 0 Å². The summed E-state index contributed by atoms with van der Waals surface area (Å²) in [6.07, 6.45) is 13.2. The molecule has 1 saturated heterocycles. The van der Waals surface area contributed by atoms with Crippen molar-refractivity contribution in [1.29, 1.82) is 5.26 Å². The van der Waals surface area contributed by atoms with Gasteiger partial charge in [-0.05, 0) is 88.6 Å².